The van der Waals surface area contributed by atoms with E-state index in [-0.39, 0.29) is 25.3 Å². The molecule has 0 aliphatic carbocycles. The molecule has 0 saturated carbocycles. The number of hydrogen-bond acceptors (Lipinski definition) is 5. The van der Waals surface area contributed by atoms with Gasteiger partial charge in [0.2, 0.25) is 17.7 Å². The number of carboxylic acids is 1. The molecule has 120 valence electrons. The molecular formula is C12H22N4O5. The monoisotopic (exact) mass is 302 g/mol. The van der Waals surface area contributed by atoms with Crippen LogP contribution in [-0.2, 0) is 19.2 Å². The summed E-state index contributed by atoms with van der Waals surface area (Å²) >= 11 is 0. The Bertz CT molecular complexity index is 410. The highest BCUT2D eigenvalue weighted by Gasteiger charge is 2.22. The Hall–Kier alpha value is -2.16. The van der Waals surface area contributed by atoms with Gasteiger partial charge in [-0.2, -0.15) is 0 Å². The van der Waals surface area contributed by atoms with Gasteiger partial charge in [0.25, 0.3) is 0 Å². The van der Waals surface area contributed by atoms with Gasteiger partial charge in [-0.15, -0.1) is 0 Å². The predicted molar refractivity (Wildman–Crippen MR) is 73.8 cm³/mol. The fraction of sp³-hybridized carbons (Fsp3) is 0.667. The molecule has 0 bridgehead atoms. The Kier molecular flexibility index (Phi) is 7.99. The van der Waals surface area contributed by atoms with Crippen LogP contribution in [0.25, 0.3) is 0 Å². The van der Waals surface area contributed by atoms with Crippen LogP contribution < -0.4 is 22.1 Å². The number of aliphatic carboxylic acids is 1. The first-order valence-electron chi connectivity index (χ1n) is 6.49. The molecule has 3 amide bonds. The van der Waals surface area contributed by atoms with Gasteiger partial charge in [-0.05, 0) is 12.3 Å². The lowest BCUT2D eigenvalue weighted by molar-refractivity contribution is -0.142. The summed E-state index contributed by atoms with van der Waals surface area (Å²) in [5.74, 6) is -3.21. The van der Waals surface area contributed by atoms with Gasteiger partial charge < -0.3 is 27.2 Å². The van der Waals surface area contributed by atoms with Crippen molar-refractivity contribution in [3.8, 4) is 0 Å². The van der Waals surface area contributed by atoms with Crippen LogP contribution in [0.15, 0.2) is 0 Å². The lowest BCUT2D eigenvalue weighted by Gasteiger charge is -2.17. The number of nitrogens with two attached hydrogens (primary N) is 2. The molecule has 0 radical (unpaired) electrons. The molecule has 21 heavy (non-hydrogen) atoms. The summed E-state index contributed by atoms with van der Waals surface area (Å²) < 4.78 is 0. The molecule has 0 spiro atoms. The summed E-state index contributed by atoms with van der Waals surface area (Å²) in [4.78, 5) is 44.6. The first-order chi connectivity index (χ1) is 9.65. The van der Waals surface area contributed by atoms with Gasteiger partial charge in [-0.25, -0.2) is 4.79 Å². The number of amides is 3. The lowest BCUT2D eigenvalue weighted by atomic mass is 10.1. The summed E-state index contributed by atoms with van der Waals surface area (Å²) in [5.41, 5.74) is 10.5. The Labute approximate surface area is 122 Å². The third-order valence-corrected chi connectivity index (χ3v) is 2.76. The van der Waals surface area contributed by atoms with Gasteiger partial charge in [0.15, 0.2) is 0 Å². The van der Waals surface area contributed by atoms with Crippen LogP contribution >= 0.6 is 0 Å². The second-order valence-corrected chi connectivity index (χ2v) is 4.95. The zero-order valence-electron chi connectivity index (χ0n) is 12.1. The molecule has 0 fully saturated rings. The topological polar surface area (TPSA) is 165 Å². The fourth-order valence-electron chi connectivity index (χ4n) is 1.38. The van der Waals surface area contributed by atoms with E-state index >= 15 is 0 Å². The number of carbonyl (C=O) groups is 4. The van der Waals surface area contributed by atoms with Crippen LogP contribution in [0.1, 0.15) is 26.7 Å². The van der Waals surface area contributed by atoms with Crippen molar-refractivity contribution in [3.05, 3.63) is 0 Å². The number of carboxylic acid groups (broad SMARTS) is 1. The summed E-state index contributed by atoms with van der Waals surface area (Å²) in [5, 5.41) is 13.4. The minimum absolute atomic E-state index is 0.0876. The molecule has 7 N–H and O–H groups in total. The summed E-state index contributed by atoms with van der Waals surface area (Å²) in [7, 11) is 0. The van der Waals surface area contributed by atoms with Crippen LogP contribution in [0, 0.1) is 5.92 Å². The molecule has 0 saturated heterocycles. The standard InChI is InChI=1S/C12H22N4O5/c1-6(2)10(14)11(19)15-5-9(18)16-7(12(20)21)3-4-8(13)17/h6-7,10H,3-5,14H2,1-2H3,(H2,13,17)(H,15,19)(H,16,18)(H,20,21)/t7?,10-/m0/s1. The van der Waals surface area contributed by atoms with Crippen LogP contribution in [0.3, 0.4) is 0 Å². The molecule has 9 nitrogen and oxygen atoms in total. The summed E-state index contributed by atoms with van der Waals surface area (Å²) in [6.45, 7) is 3.13. The molecule has 0 rings (SSSR count). The molecule has 0 aromatic carbocycles. The van der Waals surface area contributed by atoms with Gasteiger partial charge >= 0.3 is 5.97 Å². The average molecular weight is 302 g/mol. The van der Waals surface area contributed by atoms with Gasteiger partial charge in [0.05, 0.1) is 12.6 Å². The van der Waals surface area contributed by atoms with E-state index in [0.717, 1.165) is 0 Å². The molecule has 0 aromatic rings. The largest absolute Gasteiger partial charge is 0.480 e. The molecule has 0 aliphatic heterocycles. The molecule has 0 heterocycles. The third-order valence-electron chi connectivity index (χ3n) is 2.76. The van der Waals surface area contributed by atoms with Gasteiger partial charge in [0, 0.05) is 6.42 Å². The Balaban J connectivity index is 4.29. The third kappa shape index (κ3) is 7.88. The predicted octanol–water partition coefficient (Wildman–Crippen LogP) is -2.08. The van der Waals surface area contributed by atoms with Gasteiger partial charge in [-0.3, -0.25) is 14.4 Å². The van der Waals surface area contributed by atoms with Gasteiger partial charge in [-0.1, -0.05) is 13.8 Å². The van der Waals surface area contributed by atoms with E-state index in [1.165, 1.54) is 0 Å². The van der Waals surface area contributed by atoms with Crippen LogP contribution in [-0.4, -0.2) is 47.4 Å². The summed E-state index contributed by atoms with van der Waals surface area (Å²) in [6.07, 6.45) is -0.280. The van der Waals surface area contributed by atoms with E-state index in [0.29, 0.717) is 0 Å². The fourth-order valence-corrected chi connectivity index (χ4v) is 1.38. The van der Waals surface area contributed by atoms with Crippen molar-refractivity contribution >= 4 is 23.7 Å². The van der Waals surface area contributed by atoms with Crippen molar-refractivity contribution in [2.24, 2.45) is 17.4 Å². The van der Waals surface area contributed by atoms with Crippen molar-refractivity contribution in [2.45, 2.75) is 38.8 Å². The van der Waals surface area contributed by atoms with Crippen LogP contribution in [0.2, 0.25) is 0 Å². The van der Waals surface area contributed by atoms with Crippen molar-refractivity contribution in [2.75, 3.05) is 6.54 Å². The first-order valence-corrected chi connectivity index (χ1v) is 6.49. The van der Waals surface area contributed by atoms with E-state index < -0.39 is 35.8 Å². The Morgan fingerprint density at radius 3 is 2.19 bits per heavy atom. The smallest absolute Gasteiger partial charge is 0.326 e. The second kappa shape index (κ2) is 8.90. The van der Waals surface area contributed by atoms with Gasteiger partial charge in [0.1, 0.15) is 6.04 Å². The Morgan fingerprint density at radius 2 is 1.76 bits per heavy atom. The van der Waals surface area contributed by atoms with Crippen molar-refractivity contribution in [1.29, 1.82) is 0 Å². The minimum Gasteiger partial charge on any atom is -0.480 e. The van der Waals surface area contributed by atoms with Crippen molar-refractivity contribution in [3.63, 3.8) is 0 Å². The number of carbonyl (C=O) groups excluding carboxylic acids is 3. The maximum Gasteiger partial charge on any atom is 0.326 e. The molecule has 1 unspecified atom stereocenters. The second-order valence-electron chi connectivity index (χ2n) is 4.95. The highest BCUT2D eigenvalue weighted by atomic mass is 16.4. The highest BCUT2D eigenvalue weighted by molar-refractivity contribution is 5.89. The zero-order chi connectivity index (χ0) is 16.6. The first kappa shape index (κ1) is 18.8. The maximum atomic E-state index is 11.6. The van der Waals surface area contributed by atoms with E-state index in [2.05, 4.69) is 10.6 Å². The molecule has 0 aliphatic rings. The quantitative estimate of drug-likeness (QED) is 0.328. The number of nitrogens with one attached hydrogen (secondary N) is 2. The molecular weight excluding hydrogens is 280 g/mol. The number of rotatable bonds is 9. The van der Waals surface area contributed by atoms with E-state index in [1.54, 1.807) is 13.8 Å². The van der Waals surface area contributed by atoms with E-state index in [4.69, 9.17) is 16.6 Å². The van der Waals surface area contributed by atoms with Crippen LogP contribution in [0.5, 0.6) is 0 Å². The van der Waals surface area contributed by atoms with Crippen molar-refractivity contribution in [1.82, 2.24) is 10.6 Å². The highest BCUT2D eigenvalue weighted by Crippen LogP contribution is 1.98. The molecule has 9 heteroatoms. The average Bonchev–Trinajstić information content (AvgIpc) is 2.38. The normalized spacial score (nSPS) is 13.3. The minimum atomic E-state index is -1.28. The Morgan fingerprint density at radius 1 is 1.19 bits per heavy atom. The van der Waals surface area contributed by atoms with Crippen LogP contribution in [0.4, 0.5) is 0 Å². The molecule has 2 atom stereocenters. The number of primary amides is 1. The van der Waals surface area contributed by atoms with Crippen molar-refractivity contribution < 1.29 is 24.3 Å². The molecule has 0 aromatic heterocycles. The maximum absolute atomic E-state index is 11.6. The number of hydrogen-bond donors (Lipinski definition) is 5. The SMILES string of the molecule is CC(C)[C@H](N)C(=O)NCC(=O)NC(CCC(N)=O)C(=O)O. The zero-order valence-corrected chi connectivity index (χ0v) is 12.1. The van der Waals surface area contributed by atoms with E-state index in [9.17, 15) is 19.2 Å². The van der Waals surface area contributed by atoms with E-state index in [1.807, 2.05) is 0 Å². The lowest BCUT2D eigenvalue weighted by Crippen LogP contribution is -2.49. The summed E-state index contributed by atoms with van der Waals surface area (Å²) in [6, 6.07) is -1.98.